The molecule has 5 heteroatoms. The van der Waals surface area contributed by atoms with Gasteiger partial charge in [-0.2, -0.15) is 0 Å². The Morgan fingerprint density at radius 1 is 0.667 bits per heavy atom. The number of aryl methyl sites for hydroxylation is 1. The summed E-state index contributed by atoms with van der Waals surface area (Å²) in [5, 5.41) is 4.13. The van der Waals surface area contributed by atoms with Gasteiger partial charge in [-0.25, -0.2) is 0 Å². The molecule has 1 aliphatic rings. The smallest absolute Gasteiger partial charge is 0.121 e. The maximum Gasteiger partial charge on any atom is 0.121 e. The topological polar surface area (TPSA) is 38.9 Å². The first-order valence-electron chi connectivity index (χ1n) is 21.6. The number of aromatic nitrogens is 2. The van der Waals surface area contributed by atoms with Crippen LogP contribution in [0.5, 0.6) is 0 Å². The molecule has 57 heavy (non-hydrogen) atoms. The molecular formula is C52H44GeIrN2O-2. The minimum absolute atomic E-state index is 0. The maximum absolute atomic E-state index is 8.79. The van der Waals surface area contributed by atoms with Crippen LogP contribution in [0.4, 0.5) is 0 Å². The molecule has 9 aromatic rings. The summed E-state index contributed by atoms with van der Waals surface area (Å²) >= 11 is -2.07. The average molecular weight is 983 g/mol. The first kappa shape index (κ1) is 32.9. The molecule has 0 spiro atoms. The molecule has 0 N–H and O–H groups in total. The molecule has 1 radical (unpaired) electrons. The van der Waals surface area contributed by atoms with E-state index < -0.39 is 26.0 Å². The van der Waals surface area contributed by atoms with Crippen molar-refractivity contribution in [3.8, 4) is 44.8 Å². The number of pyridine rings is 2. The fraction of sp³-hybridized carbons (Fsp3) is 0.154. The molecule has 0 aliphatic heterocycles. The van der Waals surface area contributed by atoms with E-state index >= 15 is 0 Å². The Morgan fingerprint density at radius 3 is 2.07 bits per heavy atom. The molecule has 0 atom stereocenters. The molecule has 0 unspecified atom stereocenters. The van der Waals surface area contributed by atoms with Crippen LogP contribution in [0.15, 0.2) is 150 Å². The van der Waals surface area contributed by atoms with Gasteiger partial charge in [0.15, 0.2) is 0 Å². The molecule has 0 saturated carbocycles. The Morgan fingerprint density at radius 2 is 1.33 bits per heavy atom. The molecule has 6 aromatic carbocycles. The first-order chi connectivity index (χ1) is 29.2. The van der Waals surface area contributed by atoms with E-state index in [0.29, 0.717) is 45.2 Å². The number of hydrogen-bond donors (Lipinski definition) is 0. The van der Waals surface area contributed by atoms with Gasteiger partial charge in [0.2, 0.25) is 0 Å². The summed E-state index contributed by atoms with van der Waals surface area (Å²) in [5.74, 6) is 7.00. The number of furan rings is 1. The van der Waals surface area contributed by atoms with Gasteiger partial charge in [-0.1, -0.05) is 83.7 Å². The van der Waals surface area contributed by atoms with Crippen molar-refractivity contribution < 1.29 is 31.4 Å². The van der Waals surface area contributed by atoms with E-state index in [1.165, 1.54) is 9.96 Å². The van der Waals surface area contributed by atoms with Gasteiger partial charge in [-0.05, 0) is 33.6 Å². The van der Waals surface area contributed by atoms with Gasteiger partial charge in [0.05, 0.1) is 6.95 Å². The third kappa shape index (κ3) is 7.79. The van der Waals surface area contributed by atoms with Crippen LogP contribution < -0.4 is 4.40 Å². The first-order valence-corrected chi connectivity index (χ1v) is 26.5. The maximum atomic E-state index is 8.79. The van der Waals surface area contributed by atoms with E-state index in [4.69, 9.17) is 16.3 Å². The predicted octanol–water partition coefficient (Wildman–Crippen LogP) is 13.2. The van der Waals surface area contributed by atoms with E-state index in [0.717, 1.165) is 49.5 Å². The van der Waals surface area contributed by atoms with Crippen LogP contribution in [0, 0.1) is 19.1 Å². The molecule has 3 heterocycles. The van der Waals surface area contributed by atoms with Crippen molar-refractivity contribution in [3.63, 3.8) is 0 Å². The second-order valence-electron chi connectivity index (χ2n) is 15.3. The number of benzene rings is 6. The van der Waals surface area contributed by atoms with Crippen LogP contribution in [-0.2, 0) is 32.9 Å². The summed E-state index contributed by atoms with van der Waals surface area (Å²) in [7, 11) is 0. The van der Waals surface area contributed by atoms with Crippen LogP contribution in [0.2, 0.25) is 17.3 Å². The van der Waals surface area contributed by atoms with E-state index in [2.05, 4.69) is 59.5 Å². The van der Waals surface area contributed by atoms with Crippen LogP contribution >= 0.6 is 0 Å². The van der Waals surface area contributed by atoms with Crippen molar-refractivity contribution in [3.05, 3.63) is 175 Å². The van der Waals surface area contributed by atoms with Crippen molar-refractivity contribution in [2.45, 2.75) is 49.8 Å². The Kier molecular flexibility index (Phi) is 9.46. The third-order valence-electron chi connectivity index (χ3n) is 10.4. The SMILES string of the molecule is [2H]C1([2H])CCC([2H])([2H])c2c(-c3ccccc3)c[c-]c(-c3cc(C)[c]([Ge]([CH3])([CH3])[CH3])cn3)c21.[2H]c1c(-c2ccccc2)ccc2c1oc1c(-c3cc4ccccc4cn3)[c-]ccc12.[Ir]. The number of hydrogen-bond acceptors (Lipinski definition) is 3. The van der Waals surface area contributed by atoms with Gasteiger partial charge in [-0.3, -0.25) is 0 Å². The molecule has 3 nitrogen and oxygen atoms in total. The van der Waals surface area contributed by atoms with Gasteiger partial charge in [0.25, 0.3) is 0 Å². The molecule has 0 bridgehead atoms. The second-order valence-corrected chi connectivity index (χ2v) is 25.8. The molecule has 283 valence electrons. The fourth-order valence-corrected chi connectivity index (χ4v) is 11.3. The minimum Gasteiger partial charge on any atom is -0.501 e. The van der Waals surface area contributed by atoms with Crippen LogP contribution in [0.1, 0.15) is 36.4 Å². The van der Waals surface area contributed by atoms with Gasteiger partial charge in [-0.15, -0.1) is 18.2 Å². The molecule has 0 amide bonds. The monoisotopic (exact) mass is 984 g/mol. The zero-order valence-electron chi connectivity index (χ0n) is 37.3. The molecule has 10 rings (SSSR count). The summed E-state index contributed by atoms with van der Waals surface area (Å²) < 4.78 is 51.5. The van der Waals surface area contributed by atoms with E-state index in [-0.39, 0.29) is 32.9 Å². The summed E-state index contributed by atoms with van der Waals surface area (Å²) in [6.07, 6.45) is 0.853. The van der Waals surface area contributed by atoms with E-state index in [9.17, 15) is 0 Å². The number of fused-ring (bicyclic) bond motifs is 5. The van der Waals surface area contributed by atoms with Crippen LogP contribution in [0.25, 0.3) is 77.5 Å². The zero-order valence-corrected chi connectivity index (χ0v) is 36.8. The summed E-state index contributed by atoms with van der Waals surface area (Å²) in [5.41, 5.74) is 9.67. The summed E-state index contributed by atoms with van der Waals surface area (Å²) in [6, 6.07) is 48.6. The molecule has 1 aliphatic carbocycles. The number of nitrogens with zero attached hydrogens (tertiary/aromatic N) is 2. The van der Waals surface area contributed by atoms with Crippen molar-refractivity contribution in [1.29, 1.82) is 0 Å². The van der Waals surface area contributed by atoms with Gasteiger partial charge < -0.3 is 9.40 Å². The summed E-state index contributed by atoms with van der Waals surface area (Å²) in [4.78, 5) is 9.37. The van der Waals surface area contributed by atoms with Crippen molar-refractivity contribution in [2.24, 2.45) is 0 Å². The van der Waals surface area contributed by atoms with Gasteiger partial charge >= 0.3 is 172 Å². The largest absolute Gasteiger partial charge is 0.501 e. The molecule has 0 fully saturated rings. The fourth-order valence-electron chi connectivity index (χ4n) is 7.68. The Labute approximate surface area is 359 Å². The zero-order chi connectivity index (χ0) is 42.7. The average Bonchev–Trinajstić information content (AvgIpc) is 3.65. The standard InChI is InChI=1S/C27H16NO.C25H28GeN.Ir/c1-2-7-18(8-3-1)20-13-14-22-23-11-6-12-24(27(23)29-26(22)16-20)25-15-19-9-4-5-10-21(19)17-28-25;1-18-16-25(27-17-24(18)26(2,3)4)23-15-14-20(19-10-6-5-7-11-19)21-12-8-9-13-22(21)23;/h1-11,13-17H;5-7,10-11,14,16-17H,8-9,12-13H2,1-4H3;/q2*-1;/i16D;12D2,13D2;. The molecular weight excluding hydrogens is 933 g/mol. The number of rotatable bonds is 5. The van der Waals surface area contributed by atoms with Crippen LogP contribution in [0.3, 0.4) is 0 Å². The molecule has 3 aromatic heterocycles. The Bertz CT molecular complexity index is 3110. The Balaban J connectivity index is 0.000000168. The van der Waals surface area contributed by atoms with Gasteiger partial charge in [0, 0.05) is 31.7 Å². The van der Waals surface area contributed by atoms with Gasteiger partial charge in [0.1, 0.15) is 5.58 Å². The Hall–Kier alpha value is -5.13. The van der Waals surface area contributed by atoms with Crippen molar-refractivity contribution >= 4 is 50.4 Å². The third-order valence-corrected chi connectivity index (χ3v) is 14.9. The van der Waals surface area contributed by atoms with Crippen LogP contribution in [-0.4, -0.2) is 23.2 Å². The summed E-state index contributed by atoms with van der Waals surface area (Å²) in [6.45, 7) is 2.09. The second kappa shape index (κ2) is 16.4. The van der Waals surface area contributed by atoms with Crippen molar-refractivity contribution in [2.75, 3.05) is 0 Å². The van der Waals surface area contributed by atoms with E-state index in [1.54, 1.807) is 0 Å². The quantitative estimate of drug-likeness (QED) is 0.127. The molecule has 0 saturated heterocycles. The van der Waals surface area contributed by atoms with Crippen molar-refractivity contribution in [1.82, 2.24) is 9.97 Å². The minimum atomic E-state index is -2.07. The van der Waals surface area contributed by atoms with E-state index in [1.807, 2.05) is 122 Å². The normalized spacial score (nSPS) is 15.5. The predicted molar refractivity (Wildman–Crippen MR) is 237 cm³/mol.